The summed E-state index contributed by atoms with van der Waals surface area (Å²) in [5, 5.41) is 3.70. The fourth-order valence-electron chi connectivity index (χ4n) is 3.10. The number of carbonyl (C=O) groups excluding carboxylic acids is 1. The van der Waals surface area contributed by atoms with Gasteiger partial charge in [-0.25, -0.2) is 0 Å². The van der Waals surface area contributed by atoms with E-state index in [-0.39, 0.29) is 11.3 Å². The predicted molar refractivity (Wildman–Crippen MR) is 103 cm³/mol. The highest BCUT2D eigenvalue weighted by atomic mass is 35.5. The maximum atomic E-state index is 13.1. The van der Waals surface area contributed by atoms with Gasteiger partial charge in [-0.3, -0.25) is 4.79 Å². The van der Waals surface area contributed by atoms with Crippen LogP contribution < -0.4 is 5.32 Å². The van der Waals surface area contributed by atoms with Crippen LogP contribution in [0.5, 0.6) is 0 Å². The summed E-state index contributed by atoms with van der Waals surface area (Å²) in [6.07, 6.45) is 0.752. The molecule has 0 heterocycles. The Labute approximate surface area is 150 Å². The van der Waals surface area contributed by atoms with E-state index in [4.69, 9.17) is 11.6 Å². The van der Waals surface area contributed by atoms with Crippen LogP contribution in [0.25, 0.3) is 0 Å². The van der Waals surface area contributed by atoms with Gasteiger partial charge in [-0.1, -0.05) is 62.2 Å². The molecule has 2 aromatic rings. The van der Waals surface area contributed by atoms with Gasteiger partial charge in [-0.15, -0.1) is 0 Å². The average molecular weight is 344 g/mol. The van der Waals surface area contributed by atoms with E-state index in [2.05, 4.69) is 57.3 Å². The van der Waals surface area contributed by atoms with Gasteiger partial charge in [-0.2, -0.15) is 0 Å². The monoisotopic (exact) mass is 343 g/mol. The fraction of sp³-hybridized carbons (Fsp3) is 0.381. The summed E-state index contributed by atoms with van der Waals surface area (Å²) in [6, 6.07) is 15.5. The second kappa shape index (κ2) is 6.98. The highest BCUT2D eigenvalue weighted by Gasteiger charge is 2.38. The molecule has 0 radical (unpaired) electrons. The average Bonchev–Trinajstić information content (AvgIpc) is 2.48. The van der Waals surface area contributed by atoms with Crippen molar-refractivity contribution in [2.75, 3.05) is 5.32 Å². The molecule has 0 saturated heterocycles. The molecule has 2 rings (SSSR count). The van der Waals surface area contributed by atoms with E-state index < -0.39 is 5.41 Å². The van der Waals surface area contributed by atoms with Gasteiger partial charge >= 0.3 is 0 Å². The zero-order valence-corrected chi connectivity index (χ0v) is 15.9. The van der Waals surface area contributed by atoms with E-state index in [1.54, 1.807) is 12.1 Å². The van der Waals surface area contributed by atoms with Gasteiger partial charge in [0.15, 0.2) is 0 Å². The van der Waals surface area contributed by atoms with E-state index in [9.17, 15) is 4.79 Å². The number of amides is 1. The first-order chi connectivity index (χ1) is 11.1. The summed E-state index contributed by atoms with van der Waals surface area (Å²) >= 11 is 5.92. The lowest BCUT2D eigenvalue weighted by molar-refractivity contribution is -0.122. The van der Waals surface area contributed by atoms with Crippen molar-refractivity contribution in [3.05, 3.63) is 64.7 Å². The summed E-state index contributed by atoms with van der Waals surface area (Å²) in [4.78, 5) is 13.1. The van der Waals surface area contributed by atoms with Gasteiger partial charge in [0.1, 0.15) is 0 Å². The zero-order valence-electron chi connectivity index (χ0n) is 15.1. The quantitative estimate of drug-likeness (QED) is 0.726. The first kappa shape index (κ1) is 18.5. The molecule has 0 saturated carbocycles. The molecule has 0 aromatic heterocycles. The van der Waals surface area contributed by atoms with Crippen LogP contribution in [0.4, 0.5) is 5.69 Å². The van der Waals surface area contributed by atoms with Crippen LogP contribution in [0.3, 0.4) is 0 Å². The number of nitrogens with one attached hydrogen (secondary N) is 1. The van der Waals surface area contributed by atoms with Crippen LogP contribution in [0.1, 0.15) is 45.2 Å². The molecule has 3 heteroatoms. The van der Waals surface area contributed by atoms with Crippen LogP contribution in [0.15, 0.2) is 48.5 Å². The molecule has 2 aromatic carbocycles. The number of carbonyl (C=O) groups is 1. The van der Waals surface area contributed by atoms with E-state index in [0.29, 0.717) is 5.02 Å². The van der Waals surface area contributed by atoms with E-state index >= 15 is 0 Å². The number of hydrogen-bond acceptors (Lipinski definition) is 1. The molecule has 1 atom stereocenters. The molecule has 128 valence electrons. The van der Waals surface area contributed by atoms with Crippen molar-refractivity contribution in [2.45, 2.75) is 46.5 Å². The molecular formula is C21H26ClNO. The van der Waals surface area contributed by atoms with Crippen molar-refractivity contribution < 1.29 is 4.79 Å². The molecular weight excluding hydrogens is 318 g/mol. The third kappa shape index (κ3) is 4.61. The third-order valence-corrected chi connectivity index (χ3v) is 4.43. The number of halogens is 1. The number of benzene rings is 2. The lowest BCUT2D eigenvalue weighted by Gasteiger charge is -2.35. The summed E-state index contributed by atoms with van der Waals surface area (Å²) < 4.78 is 0. The minimum atomic E-state index is -0.606. The molecule has 0 spiro atoms. The first-order valence-corrected chi connectivity index (χ1v) is 8.62. The summed E-state index contributed by atoms with van der Waals surface area (Å²) in [5.74, 6) is 0.00333. The molecule has 0 aliphatic rings. The maximum absolute atomic E-state index is 13.1. The molecule has 24 heavy (non-hydrogen) atoms. The highest BCUT2D eigenvalue weighted by Crippen LogP contribution is 2.37. The molecule has 0 aliphatic carbocycles. The van der Waals surface area contributed by atoms with Crippen LogP contribution in [-0.2, 0) is 10.2 Å². The van der Waals surface area contributed by atoms with E-state index in [0.717, 1.165) is 17.7 Å². The van der Waals surface area contributed by atoms with E-state index in [1.807, 2.05) is 19.1 Å². The van der Waals surface area contributed by atoms with Crippen molar-refractivity contribution in [1.82, 2.24) is 0 Å². The van der Waals surface area contributed by atoms with E-state index in [1.165, 1.54) is 5.56 Å². The van der Waals surface area contributed by atoms with Crippen molar-refractivity contribution in [3.63, 3.8) is 0 Å². The molecule has 0 unspecified atom stereocenters. The number of aryl methyl sites for hydroxylation is 1. The molecule has 0 bridgehead atoms. The Hall–Kier alpha value is -1.80. The Kier molecular flexibility index (Phi) is 5.39. The largest absolute Gasteiger partial charge is 0.325 e. The minimum absolute atomic E-state index is 0.00333. The maximum Gasteiger partial charge on any atom is 0.234 e. The summed E-state index contributed by atoms with van der Waals surface area (Å²) in [7, 11) is 0. The second-order valence-corrected chi connectivity index (χ2v) is 8.33. The molecule has 0 aliphatic heterocycles. The van der Waals surface area contributed by atoms with Gasteiger partial charge in [0.2, 0.25) is 5.91 Å². The standard InChI is InChI=1S/C21H26ClNO/c1-15-6-8-16(9-7-15)21(5,14-20(2,3)4)19(24)23-18-12-10-17(22)11-13-18/h6-13H,14H2,1-5H3,(H,23,24)/t21-/m1/s1. The van der Waals surface area contributed by atoms with Crippen LogP contribution in [-0.4, -0.2) is 5.91 Å². The van der Waals surface area contributed by atoms with Gasteiger partial charge in [0, 0.05) is 10.7 Å². The van der Waals surface area contributed by atoms with Crippen LogP contribution >= 0.6 is 11.6 Å². The van der Waals surface area contributed by atoms with Crippen molar-refractivity contribution in [3.8, 4) is 0 Å². The Morgan fingerprint density at radius 1 is 0.958 bits per heavy atom. The van der Waals surface area contributed by atoms with Crippen molar-refractivity contribution in [1.29, 1.82) is 0 Å². The lowest BCUT2D eigenvalue weighted by Crippen LogP contribution is -2.40. The Morgan fingerprint density at radius 2 is 1.50 bits per heavy atom. The lowest BCUT2D eigenvalue weighted by atomic mass is 9.70. The summed E-state index contributed by atoms with van der Waals surface area (Å²) in [5.41, 5.74) is 2.41. The number of rotatable bonds is 4. The van der Waals surface area contributed by atoms with Crippen molar-refractivity contribution >= 4 is 23.2 Å². The molecule has 1 amide bonds. The van der Waals surface area contributed by atoms with Crippen molar-refractivity contribution in [2.24, 2.45) is 5.41 Å². The van der Waals surface area contributed by atoms with Gasteiger partial charge in [0.05, 0.1) is 5.41 Å². The smallest absolute Gasteiger partial charge is 0.234 e. The van der Waals surface area contributed by atoms with Crippen LogP contribution in [0.2, 0.25) is 5.02 Å². The SMILES string of the molecule is Cc1ccc([C@@](C)(CC(C)(C)C)C(=O)Nc2ccc(Cl)cc2)cc1. The zero-order chi connectivity index (χ0) is 18.0. The Bertz CT molecular complexity index is 698. The topological polar surface area (TPSA) is 29.1 Å². The van der Waals surface area contributed by atoms with Gasteiger partial charge in [-0.05, 0) is 55.5 Å². The van der Waals surface area contributed by atoms with Gasteiger partial charge < -0.3 is 5.32 Å². The second-order valence-electron chi connectivity index (χ2n) is 7.90. The van der Waals surface area contributed by atoms with Crippen LogP contribution in [0, 0.1) is 12.3 Å². The molecule has 0 fully saturated rings. The Morgan fingerprint density at radius 3 is 2.00 bits per heavy atom. The number of hydrogen-bond donors (Lipinski definition) is 1. The van der Waals surface area contributed by atoms with Gasteiger partial charge in [0.25, 0.3) is 0 Å². The fourth-order valence-corrected chi connectivity index (χ4v) is 3.22. The predicted octanol–water partition coefficient (Wildman–Crippen LogP) is 5.98. The number of anilines is 1. The molecule has 2 nitrogen and oxygen atoms in total. The third-order valence-electron chi connectivity index (χ3n) is 4.18. The minimum Gasteiger partial charge on any atom is -0.325 e. The Balaban J connectivity index is 2.35. The molecule has 1 N–H and O–H groups in total. The summed E-state index contributed by atoms with van der Waals surface area (Å²) in [6.45, 7) is 10.6. The normalized spacial score (nSPS) is 14.1. The highest BCUT2D eigenvalue weighted by molar-refractivity contribution is 6.30. The first-order valence-electron chi connectivity index (χ1n) is 8.24.